The fourth-order valence-corrected chi connectivity index (χ4v) is 3.93. The van der Waals surface area contributed by atoms with Crippen LogP contribution in [0.25, 0.3) is 20.8 Å². The molecule has 0 atom stereocenters. The van der Waals surface area contributed by atoms with Gasteiger partial charge in [0.2, 0.25) is 0 Å². The lowest BCUT2D eigenvalue weighted by Gasteiger charge is -2.10. The van der Waals surface area contributed by atoms with Crippen molar-refractivity contribution >= 4 is 56.3 Å². The van der Waals surface area contributed by atoms with Crippen LogP contribution in [0, 0.1) is 0 Å². The number of nitrogens with zero attached hydrogens (tertiary/aromatic N) is 1. The molecule has 1 heterocycles. The minimum atomic E-state index is 0.664. The first-order valence-electron chi connectivity index (χ1n) is 7.76. The van der Waals surface area contributed by atoms with E-state index in [1.807, 2.05) is 42.1 Å². The lowest BCUT2D eigenvalue weighted by atomic mass is 10.2. The molecule has 3 aromatic rings. The Hall–Kier alpha value is -1.63. The quantitative estimate of drug-likeness (QED) is 0.470. The van der Waals surface area contributed by atoms with E-state index < -0.39 is 0 Å². The van der Waals surface area contributed by atoms with E-state index in [0.717, 1.165) is 40.5 Å². The van der Waals surface area contributed by atoms with Gasteiger partial charge in [-0.15, -0.1) is 11.3 Å². The highest BCUT2D eigenvalue weighted by molar-refractivity contribution is 7.98. The van der Waals surface area contributed by atoms with E-state index in [4.69, 9.17) is 17.2 Å². The van der Waals surface area contributed by atoms with Crippen LogP contribution in [-0.4, -0.2) is 28.6 Å². The molecule has 6 heteroatoms. The van der Waals surface area contributed by atoms with Crippen molar-refractivity contribution in [3.05, 3.63) is 48.5 Å². The Labute approximate surface area is 155 Å². The molecule has 2 N–H and O–H groups in total. The second kappa shape index (κ2) is 8.46. The number of hydrogen-bond donors (Lipinski definition) is 2. The molecular formula is C18H19N3S3. The third kappa shape index (κ3) is 4.47. The van der Waals surface area contributed by atoms with E-state index in [1.165, 1.54) is 4.70 Å². The summed E-state index contributed by atoms with van der Waals surface area (Å²) < 4.78 is 1.21. The zero-order valence-corrected chi connectivity index (χ0v) is 15.9. The number of nitrogens with one attached hydrogen (secondary N) is 2. The number of thioether (sulfide) groups is 1. The van der Waals surface area contributed by atoms with Crippen LogP contribution in [0.5, 0.6) is 0 Å². The van der Waals surface area contributed by atoms with Gasteiger partial charge in [0, 0.05) is 17.8 Å². The Morgan fingerprint density at radius 3 is 2.92 bits per heavy atom. The summed E-state index contributed by atoms with van der Waals surface area (Å²) in [5, 5.41) is 8.18. The highest BCUT2D eigenvalue weighted by Crippen LogP contribution is 2.31. The number of thiocarbonyl (C=S) groups is 1. The first-order chi connectivity index (χ1) is 11.8. The second-order valence-corrected chi connectivity index (χ2v) is 7.72. The molecule has 0 saturated carbocycles. The zero-order valence-electron chi connectivity index (χ0n) is 13.4. The number of aromatic nitrogens is 1. The van der Waals surface area contributed by atoms with Gasteiger partial charge in [-0.05, 0) is 54.9 Å². The summed E-state index contributed by atoms with van der Waals surface area (Å²) in [6, 6.07) is 16.4. The van der Waals surface area contributed by atoms with Crippen molar-refractivity contribution in [3.8, 4) is 10.6 Å². The van der Waals surface area contributed by atoms with E-state index in [0.29, 0.717) is 5.11 Å². The van der Waals surface area contributed by atoms with Crippen LogP contribution < -0.4 is 10.6 Å². The Bertz CT molecular complexity index is 796. The average molecular weight is 374 g/mol. The lowest BCUT2D eigenvalue weighted by molar-refractivity contribution is 0.855. The molecule has 24 heavy (non-hydrogen) atoms. The molecule has 2 aromatic carbocycles. The molecule has 124 valence electrons. The van der Waals surface area contributed by atoms with E-state index in [2.05, 4.69) is 35.1 Å². The normalized spacial score (nSPS) is 10.7. The van der Waals surface area contributed by atoms with Gasteiger partial charge in [0.1, 0.15) is 5.01 Å². The summed E-state index contributed by atoms with van der Waals surface area (Å²) >= 11 is 8.91. The molecular weight excluding hydrogens is 354 g/mol. The second-order valence-electron chi connectivity index (χ2n) is 5.29. The summed E-state index contributed by atoms with van der Waals surface area (Å²) in [7, 11) is 0. The molecule has 3 rings (SSSR count). The molecule has 0 unspecified atom stereocenters. The van der Waals surface area contributed by atoms with Crippen LogP contribution in [-0.2, 0) is 0 Å². The van der Waals surface area contributed by atoms with Crippen molar-refractivity contribution in [2.45, 2.75) is 6.42 Å². The molecule has 0 fully saturated rings. The Balaban J connectivity index is 1.68. The average Bonchev–Trinajstić information content (AvgIpc) is 3.03. The van der Waals surface area contributed by atoms with Gasteiger partial charge >= 0.3 is 0 Å². The van der Waals surface area contributed by atoms with Crippen LogP contribution in [0.4, 0.5) is 5.69 Å². The number of rotatable bonds is 6. The van der Waals surface area contributed by atoms with Gasteiger partial charge in [-0.1, -0.05) is 24.3 Å². The highest BCUT2D eigenvalue weighted by Gasteiger charge is 2.07. The molecule has 0 saturated heterocycles. The molecule has 1 aromatic heterocycles. The molecule has 0 spiro atoms. The minimum absolute atomic E-state index is 0.664. The maximum atomic E-state index is 5.36. The van der Waals surface area contributed by atoms with E-state index in [1.54, 1.807) is 11.3 Å². The Morgan fingerprint density at radius 2 is 2.08 bits per heavy atom. The van der Waals surface area contributed by atoms with Gasteiger partial charge in [-0.2, -0.15) is 11.8 Å². The van der Waals surface area contributed by atoms with Gasteiger partial charge in [0.05, 0.1) is 10.2 Å². The monoisotopic (exact) mass is 373 g/mol. The molecule has 0 aliphatic rings. The summed E-state index contributed by atoms with van der Waals surface area (Å²) in [5.41, 5.74) is 3.13. The standard InChI is InChI=1S/C18H19N3S3/c1-23-11-5-10-19-18(22)20-14-7-4-6-13(12-14)17-21-15-8-2-3-9-16(15)24-17/h2-4,6-9,12H,5,10-11H2,1H3,(H2,19,20,22). The number of hydrogen-bond acceptors (Lipinski definition) is 4. The van der Waals surface area contributed by atoms with Gasteiger partial charge in [0.25, 0.3) is 0 Å². The fraction of sp³-hybridized carbons (Fsp3) is 0.222. The minimum Gasteiger partial charge on any atom is -0.362 e. The largest absolute Gasteiger partial charge is 0.362 e. The van der Waals surface area contributed by atoms with Crippen molar-refractivity contribution in [2.75, 3.05) is 23.9 Å². The summed E-state index contributed by atoms with van der Waals surface area (Å²) in [6.45, 7) is 0.893. The molecule has 0 bridgehead atoms. The maximum Gasteiger partial charge on any atom is 0.170 e. The van der Waals surface area contributed by atoms with Crippen LogP contribution in [0.15, 0.2) is 48.5 Å². The third-order valence-electron chi connectivity index (χ3n) is 3.47. The van der Waals surface area contributed by atoms with Crippen LogP contribution in [0.2, 0.25) is 0 Å². The maximum absolute atomic E-state index is 5.36. The van der Waals surface area contributed by atoms with Crippen molar-refractivity contribution in [1.82, 2.24) is 10.3 Å². The topological polar surface area (TPSA) is 37.0 Å². The van der Waals surface area contributed by atoms with Crippen LogP contribution in [0.1, 0.15) is 6.42 Å². The van der Waals surface area contributed by atoms with Gasteiger partial charge in [0.15, 0.2) is 5.11 Å². The molecule has 3 nitrogen and oxygen atoms in total. The molecule has 0 amide bonds. The SMILES string of the molecule is CSCCCNC(=S)Nc1cccc(-c2nc3ccccc3s2)c1. The molecule has 0 aliphatic heterocycles. The number of fused-ring (bicyclic) bond motifs is 1. The first kappa shape index (κ1) is 17.2. The lowest BCUT2D eigenvalue weighted by Crippen LogP contribution is -2.29. The summed E-state index contributed by atoms with van der Waals surface area (Å²) in [5.74, 6) is 1.14. The summed E-state index contributed by atoms with van der Waals surface area (Å²) in [6.07, 6.45) is 3.22. The van der Waals surface area contributed by atoms with Gasteiger partial charge in [-0.25, -0.2) is 4.98 Å². The predicted octanol–water partition coefficient (Wildman–Crippen LogP) is 5.00. The number of para-hydroxylation sites is 1. The Kier molecular flexibility index (Phi) is 6.07. The van der Waals surface area contributed by atoms with Crippen molar-refractivity contribution in [1.29, 1.82) is 0 Å². The van der Waals surface area contributed by atoms with Crippen LogP contribution in [0.3, 0.4) is 0 Å². The zero-order chi connectivity index (χ0) is 16.8. The Morgan fingerprint density at radius 1 is 1.21 bits per heavy atom. The van der Waals surface area contributed by atoms with Crippen molar-refractivity contribution < 1.29 is 0 Å². The molecule has 0 aliphatic carbocycles. The van der Waals surface area contributed by atoms with Crippen molar-refractivity contribution in [3.63, 3.8) is 0 Å². The van der Waals surface area contributed by atoms with E-state index in [9.17, 15) is 0 Å². The van der Waals surface area contributed by atoms with Gasteiger partial charge in [-0.3, -0.25) is 0 Å². The third-order valence-corrected chi connectivity index (χ3v) is 5.50. The summed E-state index contributed by atoms with van der Waals surface area (Å²) in [4.78, 5) is 4.71. The van der Waals surface area contributed by atoms with E-state index >= 15 is 0 Å². The van der Waals surface area contributed by atoms with Crippen LogP contribution >= 0.6 is 35.3 Å². The highest BCUT2D eigenvalue weighted by atomic mass is 32.2. The number of thiazole rings is 1. The smallest absolute Gasteiger partial charge is 0.170 e. The fourth-order valence-electron chi connectivity index (χ4n) is 2.32. The number of benzene rings is 2. The predicted molar refractivity (Wildman–Crippen MR) is 112 cm³/mol. The van der Waals surface area contributed by atoms with E-state index in [-0.39, 0.29) is 0 Å². The first-order valence-corrected chi connectivity index (χ1v) is 10.4. The molecule has 0 radical (unpaired) electrons. The number of anilines is 1. The van der Waals surface area contributed by atoms with Crippen molar-refractivity contribution in [2.24, 2.45) is 0 Å². The van der Waals surface area contributed by atoms with Gasteiger partial charge < -0.3 is 10.6 Å².